The molecule has 4 nitrogen and oxygen atoms in total. The molecule has 106 valence electrons. The number of rotatable bonds is 7. The average Bonchev–Trinajstić information content (AvgIpc) is 2.42. The molecule has 1 rings (SSSR count). The molecule has 0 saturated heterocycles. The van der Waals surface area contributed by atoms with E-state index in [2.05, 4.69) is 5.32 Å². The third kappa shape index (κ3) is 4.82. The maximum atomic E-state index is 11.9. The van der Waals surface area contributed by atoms with Crippen molar-refractivity contribution in [3.8, 4) is 0 Å². The number of benzene rings is 1. The lowest BCUT2D eigenvalue weighted by atomic mass is 10.1. The van der Waals surface area contributed by atoms with E-state index in [9.17, 15) is 4.79 Å². The molecule has 0 bridgehead atoms. The summed E-state index contributed by atoms with van der Waals surface area (Å²) >= 11 is 6.14. The van der Waals surface area contributed by atoms with E-state index >= 15 is 0 Å². The van der Waals surface area contributed by atoms with Crippen molar-refractivity contribution in [2.75, 3.05) is 20.8 Å². The Hall–Kier alpha value is -1.10. The van der Waals surface area contributed by atoms with Crippen molar-refractivity contribution < 1.29 is 14.3 Å². The van der Waals surface area contributed by atoms with Crippen LogP contribution in [0, 0.1) is 0 Å². The quantitative estimate of drug-likeness (QED) is 0.782. The molecule has 0 unspecified atom stereocenters. The van der Waals surface area contributed by atoms with Gasteiger partial charge in [0, 0.05) is 24.8 Å². The van der Waals surface area contributed by atoms with Gasteiger partial charge in [0.2, 0.25) is 0 Å². The van der Waals surface area contributed by atoms with Gasteiger partial charge in [-0.2, -0.15) is 0 Å². The van der Waals surface area contributed by atoms with Gasteiger partial charge in [0.25, 0.3) is 0 Å². The van der Waals surface area contributed by atoms with Gasteiger partial charge in [-0.25, -0.2) is 4.79 Å². The number of hydrogen-bond acceptors (Lipinski definition) is 4. The van der Waals surface area contributed by atoms with Gasteiger partial charge >= 0.3 is 5.97 Å². The Morgan fingerprint density at radius 1 is 1.37 bits per heavy atom. The molecule has 0 aliphatic heterocycles. The summed E-state index contributed by atoms with van der Waals surface area (Å²) < 4.78 is 9.86. The molecule has 1 aromatic rings. The van der Waals surface area contributed by atoms with Gasteiger partial charge in [0.05, 0.1) is 7.11 Å². The van der Waals surface area contributed by atoms with Crippen molar-refractivity contribution in [1.82, 2.24) is 5.32 Å². The summed E-state index contributed by atoms with van der Waals surface area (Å²) in [6.07, 6.45) is 0.800. The first-order valence-corrected chi connectivity index (χ1v) is 6.55. The predicted octanol–water partition coefficient (Wildman–Crippen LogP) is 2.57. The molecule has 19 heavy (non-hydrogen) atoms. The molecule has 0 heterocycles. The zero-order valence-electron chi connectivity index (χ0n) is 11.5. The monoisotopic (exact) mass is 285 g/mol. The van der Waals surface area contributed by atoms with Crippen molar-refractivity contribution in [2.45, 2.75) is 25.4 Å². The highest BCUT2D eigenvalue weighted by Gasteiger charge is 2.24. The number of carbonyl (C=O) groups excluding carboxylic acids is 1. The fourth-order valence-corrected chi connectivity index (χ4v) is 2.02. The van der Waals surface area contributed by atoms with Crippen molar-refractivity contribution in [1.29, 1.82) is 0 Å². The minimum atomic E-state index is -0.564. The standard InChI is InChI=1S/C14H20ClNO3/c1-10(8-9-18-2)16-13(14(17)19-3)11-6-4-5-7-12(11)15/h4-7,10,13,16H,8-9H2,1-3H3/t10-,13-/m0/s1. The lowest BCUT2D eigenvalue weighted by Crippen LogP contribution is -2.36. The first kappa shape index (κ1) is 16.0. The summed E-state index contributed by atoms with van der Waals surface area (Å²) in [5, 5.41) is 3.77. The first-order chi connectivity index (χ1) is 9.10. The molecule has 1 aromatic carbocycles. The highest BCUT2D eigenvalue weighted by molar-refractivity contribution is 6.31. The summed E-state index contributed by atoms with van der Waals surface area (Å²) in [5.41, 5.74) is 0.722. The van der Waals surface area contributed by atoms with Crippen LogP contribution in [0.1, 0.15) is 24.9 Å². The van der Waals surface area contributed by atoms with Crippen LogP contribution >= 0.6 is 11.6 Å². The predicted molar refractivity (Wildman–Crippen MR) is 75.3 cm³/mol. The van der Waals surface area contributed by atoms with Gasteiger partial charge in [-0.3, -0.25) is 5.32 Å². The third-order valence-electron chi connectivity index (χ3n) is 2.86. The summed E-state index contributed by atoms with van der Waals surface area (Å²) in [6.45, 7) is 2.62. The minimum Gasteiger partial charge on any atom is -0.468 e. The molecule has 5 heteroatoms. The Morgan fingerprint density at radius 2 is 2.05 bits per heavy atom. The fourth-order valence-electron chi connectivity index (χ4n) is 1.77. The van der Waals surface area contributed by atoms with E-state index in [-0.39, 0.29) is 12.0 Å². The molecule has 0 amide bonds. The van der Waals surface area contributed by atoms with Crippen LogP contribution in [-0.4, -0.2) is 32.8 Å². The van der Waals surface area contributed by atoms with Crippen LogP contribution in [0.25, 0.3) is 0 Å². The average molecular weight is 286 g/mol. The number of nitrogens with one attached hydrogen (secondary N) is 1. The molecule has 0 aliphatic rings. The molecule has 0 saturated carbocycles. The van der Waals surface area contributed by atoms with E-state index in [0.717, 1.165) is 12.0 Å². The number of hydrogen-bond donors (Lipinski definition) is 1. The minimum absolute atomic E-state index is 0.111. The van der Waals surface area contributed by atoms with Gasteiger partial charge < -0.3 is 9.47 Å². The number of ether oxygens (including phenoxy) is 2. The summed E-state index contributed by atoms with van der Waals surface area (Å²) in [6, 6.07) is 6.80. The van der Waals surface area contributed by atoms with E-state index in [1.165, 1.54) is 7.11 Å². The Balaban J connectivity index is 2.84. The van der Waals surface area contributed by atoms with E-state index in [1.807, 2.05) is 25.1 Å². The van der Waals surface area contributed by atoms with Gasteiger partial charge in [0.1, 0.15) is 6.04 Å². The van der Waals surface area contributed by atoms with Gasteiger partial charge in [0.15, 0.2) is 0 Å². The van der Waals surface area contributed by atoms with Crippen LogP contribution < -0.4 is 5.32 Å². The van der Waals surface area contributed by atoms with Gasteiger partial charge in [-0.1, -0.05) is 29.8 Å². The van der Waals surface area contributed by atoms with Crippen LogP contribution in [0.5, 0.6) is 0 Å². The Labute approximate surface area is 119 Å². The molecule has 0 fully saturated rings. The number of halogens is 1. The van der Waals surface area contributed by atoms with Gasteiger partial charge in [-0.05, 0) is 25.0 Å². The molecular formula is C14H20ClNO3. The second-order valence-corrected chi connectivity index (χ2v) is 4.73. The fraction of sp³-hybridized carbons (Fsp3) is 0.500. The number of methoxy groups -OCH3 is 2. The number of esters is 1. The van der Waals surface area contributed by atoms with Crippen molar-refractivity contribution in [3.05, 3.63) is 34.9 Å². The van der Waals surface area contributed by atoms with Crippen molar-refractivity contribution in [2.24, 2.45) is 0 Å². The summed E-state index contributed by atoms with van der Waals surface area (Å²) in [5.74, 6) is -0.350. The largest absolute Gasteiger partial charge is 0.468 e. The van der Waals surface area contributed by atoms with Crippen molar-refractivity contribution in [3.63, 3.8) is 0 Å². The molecule has 0 aliphatic carbocycles. The molecule has 0 radical (unpaired) electrons. The summed E-state index contributed by atoms with van der Waals surface area (Å²) in [7, 11) is 3.02. The SMILES string of the molecule is COCC[C@H](C)N[C@H](C(=O)OC)c1ccccc1Cl. The summed E-state index contributed by atoms with van der Waals surface area (Å²) in [4.78, 5) is 11.9. The lowest BCUT2D eigenvalue weighted by Gasteiger charge is -2.22. The Kier molecular flexibility index (Phi) is 6.84. The second kappa shape index (κ2) is 8.15. The van der Waals surface area contributed by atoms with Crippen LogP contribution in [0.3, 0.4) is 0 Å². The highest BCUT2D eigenvalue weighted by Crippen LogP contribution is 2.24. The normalized spacial score (nSPS) is 13.9. The van der Waals surface area contributed by atoms with Crippen LogP contribution in [0.15, 0.2) is 24.3 Å². The van der Waals surface area contributed by atoms with E-state index < -0.39 is 6.04 Å². The van der Waals surface area contributed by atoms with Crippen LogP contribution in [0.4, 0.5) is 0 Å². The van der Waals surface area contributed by atoms with E-state index in [4.69, 9.17) is 21.1 Å². The van der Waals surface area contributed by atoms with E-state index in [0.29, 0.717) is 11.6 Å². The zero-order valence-corrected chi connectivity index (χ0v) is 12.2. The van der Waals surface area contributed by atoms with E-state index in [1.54, 1.807) is 13.2 Å². The molecule has 2 atom stereocenters. The smallest absolute Gasteiger partial charge is 0.327 e. The maximum Gasteiger partial charge on any atom is 0.327 e. The van der Waals surface area contributed by atoms with Crippen molar-refractivity contribution >= 4 is 17.6 Å². The third-order valence-corrected chi connectivity index (χ3v) is 3.20. The second-order valence-electron chi connectivity index (χ2n) is 4.33. The first-order valence-electron chi connectivity index (χ1n) is 6.17. The molecular weight excluding hydrogens is 266 g/mol. The molecule has 1 N–H and O–H groups in total. The number of carbonyl (C=O) groups is 1. The maximum absolute atomic E-state index is 11.9. The Bertz CT molecular complexity index is 411. The lowest BCUT2D eigenvalue weighted by molar-refractivity contribution is -0.143. The zero-order chi connectivity index (χ0) is 14.3. The highest BCUT2D eigenvalue weighted by atomic mass is 35.5. The van der Waals surface area contributed by atoms with Crippen LogP contribution in [0.2, 0.25) is 5.02 Å². The molecule has 0 spiro atoms. The van der Waals surface area contributed by atoms with Crippen LogP contribution in [-0.2, 0) is 14.3 Å². The topological polar surface area (TPSA) is 47.6 Å². The Morgan fingerprint density at radius 3 is 2.63 bits per heavy atom. The van der Waals surface area contributed by atoms with Gasteiger partial charge in [-0.15, -0.1) is 0 Å². The molecule has 0 aromatic heterocycles.